The summed E-state index contributed by atoms with van der Waals surface area (Å²) in [5.74, 6) is -1.47. The number of nitrogens with zero attached hydrogens (tertiary/aromatic N) is 4. The number of H-pyrrole nitrogens is 1. The number of carbonyl (C=O) groups is 2. The van der Waals surface area contributed by atoms with Crippen LogP contribution in [0, 0.1) is 5.82 Å². The number of nitrogens with one attached hydrogen (secondary N) is 2. The molecule has 1 aliphatic rings. The van der Waals surface area contributed by atoms with Crippen LogP contribution in [0.4, 0.5) is 10.1 Å². The summed E-state index contributed by atoms with van der Waals surface area (Å²) in [5.41, 5.74) is 2.58. The number of halogens is 3. The Morgan fingerprint density at radius 2 is 1.72 bits per heavy atom. The van der Waals surface area contributed by atoms with Crippen molar-refractivity contribution in [1.82, 2.24) is 20.3 Å². The fraction of sp³-hybridized carbons (Fsp3) is 0.0800. The summed E-state index contributed by atoms with van der Waals surface area (Å²) in [7, 11) is 0. The molecule has 0 fully saturated rings. The first-order valence-corrected chi connectivity index (χ1v) is 10.5. The van der Waals surface area contributed by atoms with Crippen LogP contribution in [0.5, 0.6) is 0 Å². The predicted octanol–water partition coefficient (Wildman–Crippen LogP) is 3.93. The molecule has 3 heterocycles. The normalized spacial score (nSPS) is 14.5. The number of rotatable bonds is 5. The maximum Gasteiger partial charge on any atom is 0.272 e. The van der Waals surface area contributed by atoms with Gasteiger partial charge in [0.05, 0.1) is 35.5 Å². The molecule has 1 aliphatic heterocycles. The van der Waals surface area contributed by atoms with E-state index >= 15 is 0 Å². The van der Waals surface area contributed by atoms with Crippen molar-refractivity contribution >= 4 is 48.0 Å². The van der Waals surface area contributed by atoms with E-state index in [2.05, 4.69) is 25.3 Å². The number of anilines is 1. The molecule has 0 spiro atoms. The summed E-state index contributed by atoms with van der Waals surface area (Å²) in [6, 6.07) is 16.5. The maximum atomic E-state index is 14.9. The zero-order valence-electron chi connectivity index (χ0n) is 18.7. The summed E-state index contributed by atoms with van der Waals surface area (Å²) >= 11 is 0. The monoisotopic (exact) mass is 526 g/mol. The molecule has 36 heavy (non-hydrogen) atoms. The number of fused-ring (bicyclic) bond motifs is 1. The first-order valence-electron chi connectivity index (χ1n) is 10.5. The van der Waals surface area contributed by atoms with Gasteiger partial charge in [0.25, 0.3) is 11.8 Å². The minimum atomic E-state index is -1.29. The highest BCUT2D eigenvalue weighted by molar-refractivity contribution is 6.20. The lowest BCUT2D eigenvalue weighted by atomic mass is 9.99. The van der Waals surface area contributed by atoms with Crippen molar-refractivity contribution in [3.63, 3.8) is 0 Å². The molecule has 0 aliphatic carbocycles. The number of benzodiazepines with no additional fused rings is 1. The molecular formula is C25H21Cl2FN6O2. The Balaban J connectivity index is 0.00000180. The lowest BCUT2D eigenvalue weighted by molar-refractivity contribution is -0.120. The number of imidazole rings is 1. The Morgan fingerprint density at radius 1 is 0.972 bits per heavy atom. The Hall–Kier alpha value is -4.08. The van der Waals surface area contributed by atoms with Crippen LogP contribution in [-0.2, 0) is 11.3 Å². The molecule has 2 N–H and O–H groups in total. The molecule has 2 amide bonds. The Morgan fingerprint density at radius 3 is 2.42 bits per heavy atom. The number of hydrogen-bond acceptors (Lipinski definition) is 5. The van der Waals surface area contributed by atoms with Crippen molar-refractivity contribution in [1.29, 1.82) is 0 Å². The van der Waals surface area contributed by atoms with Gasteiger partial charge in [-0.05, 0) is 30.3 Å². The van der Waals surface area contributed by atoms with Gasteiger partial charge < -0.3 is 15.2 Å². The predicted molar refractivity (Wildman–Crippen MR) is 138 cm³/mol. The van der Waals surface area contributed by atoms with E-state index in [9.17, 15) is 14.0 Å². The van der Waals surface area contributed by atoms with Gasteiger partial charge in [-0.1, -0.05) is 30.3 Å². The summed E-state index contributed by atoms with van der Waals surface area (Å²) in [4.78, 5) is 43.7. The van der Waals surface area contributed by atoms with Gasteiger partial charge in [-0.15, -0.1) is 24.8 Å². The Bertz CT molecular complexity index is 1380. The largest absolute Gasteiger partial charge is 0.347 e. The van der Waals surface area contributed by atoms with Gasteiger partial charge in [-0.2, -0.15) is 0 Å². The number of benzene rings is 2. The van der Waals surface area contributed by atoms with Gasteiger partial charge in [0, 0.05) is 29.7 Å². The maximum absolute atomic E-state index is 14.9. The van der Waals surface area contributed by atoms with E-state index in [0.29, 0.717) is 16.9 Å². The van der Waals surface area contributed by atoms with Crippen LogP contribution < -0.4 is 10.2 Å². The molecule has 2 aromatic heterocycles. The molecule has 1 unspecified atom stereocenters. The molecule has 0 saturated heterocycles. The van der Waals surface area contributed by atoms with E-state index in [4.69, 9.17) is 0 Å². The van der Waals surface area contributed by atoms with Gasteiger partial charge in [-0.25, -0.2) is 14.4 Å². The highest BCUT2D eigenvalue weighted by atomic mass is 35.5. The molecule has 1 atom stereocenters. The molecule has 0 saturated carbocycles. The molecule has 5 rings (SSSR count). The number of aromatic amines is 1. The first kappa shape index (κ1) is 26.5. The van der Waals surface area contributed by atoms with Crippen molar-refractivity contribution in [2.75, 3.05) is 4.90 Å². The van der Waals surface area contributed by atoms with E-state index < -0.39 is 23.8 Å². The number of hydrogen-bond donors (Lipinski definition) is 2. The average Bonchev–Trinajstić information content (AvgIpc) is 3.36. The van der Waals surface area contributed by atoms with Crippen molar-refractivity contribution in [2.24, 2.45) is 4.99 Å². The second-order valence-corrected chi connectivity index (χ2v) is 7.59. The third-order valence-electron chi connectivity index (χ3n) is 5.41. The van der Waals surface area contributed by atoms with Gasteiger partial charge in [0.15, 0.2) is 0 Å². The quantitative estimate of drug-likeness (QED) is 0.411. The minimum Gasteiger partial charge on any atom is -0.347 e. The van der Waals surface area contributed by atoms with E-state index in [0.717, 1.165) is 0 Å². The second-order valence-electron chi connectivity index (χ2n) is 7.59. The van der Waals surface area contributed by atoms with Crippen LogP contribution in [-0.4, -0.2) is 38.6 Å². The highest BCUT2D eigenvalue weighted by Crippen LogP contribution is 2.30. The second kappa shape index (κ2) is 11.6. The molecule has 8 nitrogen and oxygen atoms in total. The number of aliphatic imine (C=N–C) groups is 1. The van der Waals surface area contributed by atoms with Gasteiger partial charge in [-0.3, -0.25) is 14.6 Å². The molecule has 0 radical (unpaired) electrons. The molecular weight excluding hydrogens is 506 g/mol. The molecule has 0 bridgehead atoms. The molecule has 184 valence electrons. The fourth-order valence-corrected chi connectivity index (χ4v) is 3.80. The third-order valence-corrected chi connectivity index (χ3v) is 5.41. The van der Waals surface area contributed by atoms with E-state index in [1.165, 1.54) is 23.5 Å². The minimum absolute atomic E-state index is 0. The smallest absolute Gasteiger partial charge is 0.272 e. The van der Waals surface area contributed by atoms with Gasteiger partial charge in [0.1, 0.15) is 5.82 Å². The lowest BCUT2D eigenvalue weighted by Crippen LogP contribution is -2.47. The van der Waals surface area contributed by atoms with Crippen molar-refractivity contribution in [3.05, 3.63) is 114 Å². The van der Waals surface area contributed by atoms with Crippen LogP contribution in [0.1, 0.15) is 27.2 Å². The number of pyridine rings is 1. The summed E-state index contributed by atoms with van der Waals surface area (Å²) in [5, 5.41) is 2.68. The topological polar surface area (TPSA) is 103 Å². The lowest BCUT2D eigenvalue weighted by Gasteiger charge is -2.25. The zero-order chi connectivity index (χ0) is 23.5. The van der Waals surface area contributed by atoms with Crippen LogP contribution in [0.25, 0.3) is 0 Å². The van der Waals surface area contributed by atoms with Gasteiger partial charge >= 0.3 is 0 Å². The summed E-state index contributed by atoms with van der Waals surface area (Å²) in [6.45, 7) is 0.162. The Kier molecular flexibility index (Phi) is 8.52. The van der Waals surface area contributed by atoms with Crippen LogP contribution in [0.3, 0.4) is 0 Å². The SMILES string of the molecule is Cl.Cl.O=C(NC1N=C(c2ccccc2F)c2ccccc2N(Cc2cnc[nH]2)C1=O)c1cccnc1. The Labute approximate surface area is 218 Å². The summed E-state index contributed by atoms with van der Waals surface area (Å²) in [6.07, 6.45) is 4.78. The summed E-state index contributed by atoms with van der Waals surface area (Å²) < 4.78 is 14.9. The van der Waals surface area contributed by atoms with E-state index in [1.807, 2.05) is 0 Å². The third kappa shape index (κ3) is 5.27. The molecule has 4 aromatic rings. The zero-order valence-corrected chi connectivity index (χ0v) is 20.3. The average molecular weight is 527 g/mol. The van der Waals surface area contributed by atoms with Crippen molar-refractivity contribution in [3.8, 4) is 0 Å². The number of carbonyl (C=O) groups excluding carboxylic acids is 2. The van der Waals surface area contributed by atoms with Crippen LogP contribution >= 0.6 is 24.8 Å². The fourth-order valence-electron chi connectivity index (χ4n) is 3.80. The van der Waals surface area contributed by atoms with E-state index in [1.54, 1.807) is 67.0 Å². The van der Waals surface area contributed by atoms with Crippen molar-refractivity contribution < 1.29 is 14.0 Å². The van der Waals surface area contributed by atoms with Crippen LogP contribution in [0.2, 0.25) is 0 Å². The number of amides is 2. The van der Waals surface area contributed by atoms with E-state index in [-0.39, 0.29) is 48.2 Å². The van der Waals surface area contributed by atoms with Gasteiger partial charge in [0.2, 0.25) is 6.17 Å². The first-order chi connectivity index (χ1) is 16.6. The molecule has 2 aromatic carbocycles. The standard InChI is InChI=1S/C25H19FN6O2.2ClH/c26-20-9-3-1-7-18(20)22-19-8-2-4-10-21(19)32(14-17-13-28-15-29-17)25(34)23(30-22)31-24(33)16-6-5-11-27-12-16;;/h1-13,15,23H,14H2,(H,28,29)(H,31,33);2*1H. The highest BCUT2D eigenvalue weighted by Gasteiger charge is 2.34. The molecule has 11 heteroatoms. The van der Waals surface area contributed by atoms with Crippen molar-refractivity contribution in [2.45, 2.75) is 12.7 Å². The number of aromatic nitrogens is 3. The number of para-hydroxylation sites is 1. The van der Waals surface area contributed by atoms with Crippen LogP contribution in [0.15, 0.2) is 90.6 Å².